The topological polar surface area (TPSA) is 49.8 Å². The summed E-state index contributed by atoms with van der Waals surface area (Å²) in [6, 6.07) is 18.2. The first kappa shape index (κ1) is 15.0. The summed E-state index contributed by atoms with van der Waals surface area (Å²) in [6.07, 6.45) is 0. The van der Waals surface area contributed by atoms with Crippen molar-refractivity contribution in [2.75, 3.05) is 10.6 Å². The zero-order valence-corrected chi connectivity index (χ0v) is 13.6. The minimum absolute atomic E-state index is 0.590. The molecule has 0 fully saturated rings. The molecule has 4 nitrogen and oxygen atoms in total. The number of rotatable bonds is 4. The molecule has 0 aliphatic rings. The highest BCUT2D eigenvalue weighted by molar-refractivity contribution is 5.60. The molecule has 0 atom stereocenters. The number of aromatic nitrogens is 2. The quantitative estimate of drug-likeness (QED) is 0.720. The molecule has 0 radical (unpaired) electrons. The number of nitrogens with one attached hydrogen (secondary N) is 2. The molecule has 0 amide bonds. The number of para-hydroxylation sites is 1. The van der Waals surface area contributed by atoms with Gasteiger partial charge in [-0.15, -0.1) is 0 Å². The van der Waals surface area contributed by atoms with Gasteiger partial charge in [-0.25, -0.2) is 4.98 Å². The van der Waals surface area contributed by atoms with Crippen molar-refractivity contribution in [3.8, 4) is 0 Å². The summed E-state index contributed by atoms with van der Waals surface area (Å²) in [5, 5.41) is 6.58. The number of benzene rings is 2. The van der Waals surface area contributed by atoms with E-state index in [2.05, 4.69) is 46.6 Å². The minimum Gasteiger partial charge on any atom is -0.340 e. The summed E-state index contributed by atoms with van der Waals surface area (Å²) in [5.41, 5.74) is 5.41. The Bertz CT molecular complexity index is 813. The molecule has 3 aromatic rings. The lowest BCUT2D eigenvalue weighted by Crippen LogP contribution is -2.02. The number of anilines is 4. The fourth-order valence-corrected chi connectivity index (χ4v) is 2.31. The molecule has 0 spiro atoms. The lowest BCUT2D eigenvalue weighted by Gasteiger charge is -2.11. The molecule has 0 aliphatic heterocycles. The molecular weight excluding hydrogens is 284 g/mol. The molecule has 1 aromatic heterocycles. The molecule has 116 valence electrons. The van der Waals surface area contributed by atoms with E-state index in [1.165, 1.54) is 11.1 Å². The predicted molar refractivity (Wildman–Crippen MR) is 95.7 cm³/mol. The Labute approximate surface area is 136 Å². The highest BCUT2D eigenvalue weighted by atomic mass is 15.1. The SMILES string of the molecule is Cc1cc(Nc2ccccc2)nc(Nc2ccc(C)c(C)c2)n1. The van der Waals surface area contributed by atoms with Gasteiger partial charge in [0.05, 0.1) is 0 Å². The predicted octanol–water partition coefficient (Wildman–Crippen LogP) is 4.89. The first-order chi connectivity index (χ1) is 11.1. The van der Waals surface area contributed by atoms with Crippen LogP contribution in [-0.2, 0) is 0 Å². The molecule has 23 heavy (non-hydrogen) atoms. The molecule has 0 bridgehead atoms. The molecule has 3 rings (SSSR count). The maximum absolute atomic E-state index is 4.54. The zero-order chi connectivity index (χ0) is 16.2. The van der Waals surface area contributed by atoms with Crippen LogP contribution >= 0.6 is 0 Å². The van der Waals surface area contributed by atoms with Crippen molar-refractivity contribution in [3.63, 3.8) is 0 Å². The van der Waals surface area contributed by atoms with Crippen molar-refractivity contribution in [1.29, 1.82) is 0 Å². The average molecular weight is 304 g/mol. The van der Waals surface area contributed by atoms with Gasteiger partial charge in [-0.1, -0.05) is 24.3 Å². The van der Waals surface area contributed by atoms with Gasteiger partial charge < -0.3 is 10.6 Å². The van der Waals surface area contributed by atoms with Crippen molar-refractivity contribution in [2.24, 2.45) is 0 Å². The van der Waals surface area contributed by atoms with Gasteiger partial charge in [-0.2, -0.15) is 4.98 Å². The third-order valence-corrected chi connectivity index (χ3v) is 3.66. The summed E-state index contributed by atoms with van der Waals surface area (Å²) >= 11 is 0. The fraction of sp³-hybridized carbons (Fsp3) is 0.158. The maximum Gasteiger partial charge on any atom is 0.229 e. The van der Waals surface area contributed by atoms with Gasteiger partial charge in [-0.05, 0) is 56.2 Å². The molecule has 0 aliphatic carbocycles. The lowest BCUT2D eigenvalue weighted by atomic mass is 10.1. The summed E-state index contributed by atoms with van der Waals surface area (Å²) in [6.45, 7) is 6.16. The number of hydrogen-bond acceptors (Lipinski definition) is 4. The van der Waals surface area contributed by atoms with E-state index in [4.69, 9.17) is 0 Å². The second kappa shape index (κ2) is 6.48. The largest absolute Gasteiger partial charge is 0.340 e. The maximum atomic E-state index is 4.54. The smallest absolute Gasteiger partial charge is 0.229 e. The van der Waals surface area contributed by atoms with E-state index in [-0.39, 0.29) is 0 Å². The standard InChI is InChI=1S/C19H20N4/c1-13-9-10-17(11-14(13)2)22-19-20-15(3)12-18(23-19)21-16-7-5-4-6-8-16/h4-12H,1-3H3,(H2,20,21,22,23). The van der Waals surface area contributed by atoms with Gasteiger partial charge in [0.1, 0.15) is 5.82 Å². The van der Waals surface area contributed by atoms with Crippen molar-refractivity contribution in [1.82, 2.24) is 9.97 Å². The number of hydrogen-bond donors (Lipinski definition) is 2. The van der Waals surface area contributed by atoms with Gasteiger partial charge in [-0.3, -0.25) is 0 Å². The van der Waals surface area contributed by atoms with Gasteiger partial charge in [0.25, 0.3) is 0 Å². The molecule has 0 saturated carbocycles. The first-order valence-corrected chi connectivity index (χ1v) is 7.62. The Hall–Kier alpha value is -2.88. The van der Waals surface area contributed by atoms with Gasteiger partial charge in [0.15, 0.2) is 0 Å². The van der Waals surface area contributed by atoms with Crippen LogP contribution in [0, 0.1) is 20.8 Å². The zero-order valence-electron chi connectivity index (χ0n) is 13.6. The summed E-state index contributed by atoms with van der Waals surface area (Å²) < 4.78 is 0. The first-order valence-electron chi connectivity index (χ1n) is 7.62. The van der Waals surface area contributed by atoms with Gasteiger partial charge in [0, 0.05) is 23.1 Å². The normalized spacial score (nSPS) is 10.4. The Morgan fingerprint density at radius 1 is 0.696 bits per heavy atom. The van der Waals surface area contributed by atoms with E-state index < -0.39 is 0 Å². The van der Waals surface area contributed by atoms with Crippen LogP contribution in [0.4, 0.5) is 23.1 Å². The second-order valence-corrected chi connectivity index (χ2v) is 5.63. The highest BCUT2D eigenvalue weighted by Crippen LogP contribution is 2.20. The van der Waals surface area contributed by atoms with Crippen molar-refractivity contribution >= 4 is 23.1 Å². The summed E-state index contributed by atoms with van der Waals surface area (Å²) in [5.74, 6) is 1.36. The molecular formula is C19H20N4. The summed E-state index contributed by atoms with van der Waals surface area (Å²) in [7, 11) is 0. The van der Waals surface area contributed by atoms with E-state index in [0.29, 0.717) is 5.95 Å². The lowest BCUT2D eigenvalue weighted by molar-refractivity contribution is 1.11. The highest BCUT2D eigenvalue weighted by Gasteiger charge is 2.04. The van der Waals surface area contributed by atoms with E-state index in [1.807, 2.05) is 49.4 Å². The Kier molecular flexibility index (Phi) is 4.24. The molecule has 0 unspecified atom stereocenters. The van der Waals surface area contributed by atoms with Gasteiger partial charge in [0.2, 0.25) is 5.95 Å². The van der Waals surface area contributed by atoms with Crippen LogP contribution in [0.3, 0.4) is 0 Å². The average Bonchev–Trinajstić information content (AvgIpc) is 2.51. The fourth-order valence-electron chi connectivity index (χ4n) is 2.31. The van der Waals surface area contributed by atoms with E-state index in [1.54, 1.807) is 0 Å². The van der Waals surface area contributed by atoms with E-state index in [0.717, 1.165) is 22.9 Å². The van der Waals surface area contributed by atoms with Crippen LogP contribution < -0.4 is 10.6 Å². The molecule has 1 heterocycles. The third-order valence-electron chi connectivity index (χ3n) is 3.66. The number of nitrogens with zero attached hydrogens (tertiary/aromatic N) is 2. The molecule has 4 heteroatoms. The van der Waals surface area contributed by atoms with E-state index >= 15 is 0 Å². The Morgan fingerprint density at radius 3 is 2.22 bits per heavy atom. The van der Waals surface area contributed by atoms with Crippen molar-refractivity contribution in [2.45, 2.75) is 20.8 Å². The van der Waals surface area contributed by atoms with Gasteiger partial charge >= 0.3 is 0 Å². The second-order valence-electron chi connectivity index (χ2n) is 5.63. The monoisotopic (exact) mass is 304 g/mol. The summed E-state index contributed by atoms with van der Waals surface area (Å²) in [4.78, 5) is 9.00. The van der Waals surface area contributed by atoms with Crippen LogP contribution in [0.2, 0.25) is 0 Å². The Morgan fingerprint density at radius 2 is 1.48 bits per heavy atom. The van der Waals surface area contributed by atoms with E-state index in [9.17, 15) is 0 Å². The number of aryl methyl sites for hydroxylation is 3. The third kappa shape index (κ3) is 3.86. The van der Waals surface area contributed by atoms with Crippen LogP contribution in [0.1, 0.15) is 16.8 Å². The van der Waals surface area contributed by atoms with Crippen LogP contribution in [0.25, 0.3) is 0 Å². The minimum atomic E-state index is 0.590. The molecule has 2 N–H and O–H groups in total. The van der Waals surface area contributed by atoms with Crippen molar-refractivity contribution in [3.05, 3.63) is 71.4 Å². The van der Waals surface area contributed by atoms with Crippen LogP contribution in [0.5, 0.6) is 0 Å². The molecule has 0 saturated heterocycles. The van der Waals surface area contributed by atoms with Crippen molar-refractivity contribution < 1.29 is 0 Å². The van der Waals surface area contributed by atoms with Crippen LogP contribution in [0.15, 0.2) is 54.6 Å². The van der Waals surface area contributed by atoms with Crippen LogP contribution in [-0.4, -0.2) is 9.97 Å². The Balaban J connectivity index is 1.83. The molecule has 2 aromatic carbocycles.